The van der Waals surface area contributed by atoms with E-state index in [4.69, 9.17) is 10.7 Å². The van der Waals surface area contributed by atoms with Gasteiger partial charge in [0.25, 0.3) is 0 Å². The Labute approximate surface area is 237 Å². The van der Waals surface area contributed by atoms with Crippen LogP contribution in [0.4, 0.5) is 27.7 Å². The van der Waals surface area contributed by atoms with Gasteiger partial charge in [-0.1, -0.05) is 26.0 Å². The molecule has 1 aromatic carbocycles. The highest BCUT2D eigenvalue weighted by Gasteiger charge is 2.58. The van der Waals surface area contributed by atoms with Crippen LogP contribution in [0.1, 0.15) is 58.8 Å². The molecule has 3 unspecified atom stereocenters. The summed E-state index contributed by atoms with van der Waals surface area (Å²) in [4.78, 5) is 37.5. The normalized spacial score (nSPS) is 32.1. The monoisotopic (exact) mass is 542 g/mol. The second-order valence-corrected chi connectivity index (χ2v) is 13.9. The molecule has 5 fully saturated rings. The van der Waals surface area contributed by atoms with Gasteiger partial charge in [-0.3, -0.25) is 9.69 Å². The molecule has 6 aliphatic rings. The van der Waals surface area contributed by atoms with Gasteiger partial charge in [0.05, 0.1) is 23.3 Å². The van der Waals surface area contributed by atoms with E-state index in [-0.39, 0.29) is 23.4 Å². The van der Waals surface area contributed by atoms with Crippen molar-refractivity contribution in [3.8, 4) is 0 Å². The number of carbonyl (C=O) groups is 2. The Bertz CT molecular complexity index is 1280. The average Bonchev–Trinajstić information content (AvgIpc) is 2.94. The number of urea groups is 1. The first-order chi connectivity index (χ1) is 19.2. The zero-order valence-corrected chi connectivity index (χ0v) is 23.8. The molecule has 40 heavy (non-hydrogen) atoms. The third kappa shape index (κ3) is 4.31. The van der Waals surface area contributed by atoms with E-state index in [0.29, 0.717) is 36.3 Å². The summed E-state index contributed by atoms with van der Waals surface area (Å²) in [6, 6.07) is 12.5. The molecule has 8 rings (SSSR count). The van der Waals surface area contributed by atoms with E-state index < -0.39 is 0 Å². The van der Waals surface area contributed by atoms with Crippen molar-refractivity contribution < 1.29 is 9.59 Å². The Hall–Kier alpha value is -3.29. The Balaban J connectivity index is 1.06. The summed E-state index contributed by atoms with van der Waals surface area (Å²) in [5.74, 6) is 2.03. The van der Waals surface area contributed by atoms with Gasteiger partial charge in [-0.2, -0.15) is 0 Å². The van der Waals surface area contributed by atoms with Gasteiger partial charge in [0, 0.05) is 37.6 Å². The minimum absolute atomic E-state index is 0.0333. The number of hydrogen-bond acceptors (Lipinski definition) is 5. The lowest BCUT2D eigenvalue weighted by molar-refractivity contribution is -0.145. The van der Waals surface area contributed by atoms with E-state index in [2.05, 4.69) is 47.2 Å². The fraction of sp³-hybridized carbons (Fsp3) is 0.594. The topological polar surface area (TPSA) is 94.8 Å². The lowest BCUT2D eigenvalue weighted by Gasteiger charge is -2.59. The number of carbonyl (C=O) groups excluding carboxylic acids is 2. The molecule has 4 bridgehead atoms. The number of benzene rings is 1. The maximum atomic E-state index is 13.8. The van der Waals surface area contributed by atoms with Gasteiger partial charge >= 0.3 is 6.03 Å². The third-order valence-corrected chi connectivity index (χ3v) is 10.8. The van der Waals surface area contributed by atoms with Crippen LogP contribution >= 0.6 is 0 Å². The number of para-hydroxylation sites is 2. The molecule has 3 heterocycles. The molecule has 0 radical (unpaired) electrons. The van der Waals surface area contributed by atoms with E-state index >= 15 is 0 Å². The van der Waals surface area contributed by atoms with Crippen molar-refractivity contribution in [3.05, 3.63) is 42.6 Å². The van der Waals surface area contributed by atoms with Gasteiger partial charge < -0.3 is 20.9 Å². The van der Waals surface area contributed by atoms with Crippen molar-refractivity contribution in [2.45, 2.75) is 64.8 Å². The molecule has 8 heteroatoms. The molecule has 4 aliphatic carbocycles. The maximum absolute atomic E-state index is 13.8. The van der Waals surface area contributed by atoms with Gasteiger partial charge in [-0.15, -0.1) is 0 Å². The Morgan fingerprint density at radius 2 is 1.62 bits per heavy atom. The molecular weight excluding hydrogens is 500 g/mol. The number of nitrogens with one attached hydrogen (secondary N) is 1. The molecule has 5 atom stereocenters. The predicted molar refractivity (Wildman–Crippen MR) is 158 cm³/mol. The number of anilines is 4. The Morgan fingerprint density at radius 1 is 0.925 bits per heavy atom. The molecule has 0 spiro atoms. The molecule has 2 aromatic rings. The van der Waals surface area contributed by atoms with E-state index in [1.165, 1.54) is 18.5 Å². The quantitative estimate of drug-likeness (QED) is 0.564. The van der Waals surface area contributed by atoms with E-state index in [9.17, 15) is 9.59 Å². The number of fused-ring (bicyclic) bond motifs is 1. The highest BCUT2D eigenvalue weighted by molar-refractivity contribution is 5.98. The summed E-state index contributed by atoms with van der Waals surface area (Å²) >= 11 is 0. The van der Waals surface area contributed by atoms with Crippen LogP contribution in [-0.4, -0.2) is 49.1 Å². The van der Waals surface area contributed by atoms with Gasteiger partial charge in [-0.25, -0.2) is 9.78 Å². The number of primary amides is 1. The number of rotatable bonds is 4. The number of nitrogens with zero attached hydrogens (tertiary/aromatic N) is 4. The molecule has 3 amide bonds. The van der Waals surface area contributed by atoms with Gasteiger partial charge in [-0.05, 0) is 92.4 Å². The number of hydrogen-bond donors (Lipinski definition) is 2. The molecular formula is C32H42N6O2. The molecule has 8 nitrogen and oxygen atoms in total. The summed E-state index contributed by atoms with van der Waals surface area (Å²) in [7, 11) is 0. The lowest BCUT2D eigenvalue weighted by atomic mass is 9.47. The fourth-order valence-electron chi connectivity index (χ4n) is 8.69. The fourth-order valence-corrected chi connectivity index (χ4v) is 8.69. The molecule has 4 saturated carbocycles. The van der Waals surface area contributed by atoms with Crippen molar-refractivity contribution in [1.29, 1.82) is 0 Å². The second-order valence-electron chi connectivity index (χ2n) is 13.9. The number of pyridine rings is 1. The summed E-state index contributed by atoms with van der Waals surface area (Å²) < 4.78 is 0. The smallest absolute Gasteiger partial charge is 0.322 e. The van der Waals surface area contributed by atoms with Crippen molar-refractivity contribution >= 4 is 34.8 Å². The van der Waals surface area contributed by atoms with Crippen molar-refractivity contribution in [2.24, 2.45) is 34.3 Å². The number of nitrogens with two attached hydrogens (primary N) is 1. The van der Waals surface area contributed by atoms with E-state index in [0.717, 1.165) is 62.4 Å². The molecule has 3 N–H and O–H groups in total. The third-order valence-electron chi connectivity index (χ3n) is 10.8. The summed E-state index contributed by atoms with van der Waals surface area (Å²) in [5, 5.41) is 3.43. The summed E-state index contributed by atoms with van der Waals surface area (Å²) in [5.41, 5.74) is 9.04. The van der Waals surface area contributed by atoms with Crippen LogP contribution in [0.15, 0.2) is 42.6 Å². The van der Waals surface area contributed by atoms with E-state index in [1.807, 2.05) is 29.3 Å². The first-order valence-corrected chi connectivity index (χ1v) is 15.2. The van der Waals surface area contributed by atoms with Crippen LogP contribution in [0.3, 0.4) is 0 Å². The van der Waals surface area contributed by atoms with Crippen LogP contribution in [0.25, 0.3) is 0 Å². The van der Waals surface area contributed by atoms with E-state index in [1.54, 1.807) is 0 Å². The molecule has 1 saturated heterocycles. The minimum Gasteiger partial charge on any atom is -0.370 e. The van der Waals surface area contributed by atoms with Crippen LogP contribution in [0.5, 0.6) is 0 Å². The summed E-state index contributed by atoms with van der Waals surface area (Å²) in [6.45, 7) is 8.10. The number of amides is 3. The first-order valence-electron chi connectivity index (χ1n) is 15.2. The largest absolute Gasteiger partial charge is 0.370 e. The SMILES string of the molecule is CC1(C)CCN(c2ccc(N3CCN(C(=O)NC4[C@@H]5CC6C[C@H]4CC(C(N)=O)(C6)C5)c4ccccc43)nc2)CC1. The molecule has 212 valence electrons. The zero-order chi connectivity index (χ0) is 27.6. The van der Waals surface area contributed by atoms with Crippen molar-refractivity contribution in [1.82, 2.24) is 10.3 Å². The standard InChI is InChI=1S/C32H42N6O2/c1-31(2)9-11-36(12-10-31)24-7-8-27(34-20-24)37-13-14-38(26-6-4-3-5-25(26)37)30(40)35-28-22-15-21-16-23(28)19-32(17-21,18-22)29(33)39/h3-8,20-23,28H,9-19H2,1-2H3,(H2,33,39)(H,35,40)/t21?,22-,23+,28?,32?. The molecule has 1 aromatic heterocycles. The highest BCUT2D eigenvalue weighted by Crippen LogP contribution is 2.60. The van der Waals surface area contributed by atoms with Crippen LogP contribution in [-0.2, 0) is 4.79 Å². The minimum atomic E-state index is -0.344. The van der Waals surface area contributed by atoms with Crippen molar-refractivity contribution in [2.75, 3.05) is 40.9 Å². The predicted octanol–water partition coefficient (Wildman–Crippen LogP) is 5.06. The highest BCUT2D eigenvalue weighted by atomic mass is 16.2. The average molecular weight is 543 g/mol. The Morgan fingerprint density at radius 3 is 2.27 bits per heavy atom. The van der Waals surface area contributed by atoms with Crippen molar-refractivity contribution in [3.63, 3.8) is 0 Å². The van der Waals surface area contributed by atoms with Gasteiger partial charge in [0.1, 0.15) is 5.82 Å². The van der Waals surface area contributed by atoms with Gasteiger partial charge in [0.2, 0.25) is 5.91 Å². The number of piperidine rings is 1. The first kappa shape index (κ1) is 25.7. The Kier molecular flexibility index (Phi) is 6.02. The number of aromatic nitrogens is 1. The second kappa shape index (κ2) is 9.38. The van der Waals surface area contributed by atoms with Crippen LogP contribution in [0, 0.1) is 28.6 Å². The molecule has 2 aliphatic heterocycles. The van der Waals surface area contributed by atoms with Crippen LogP contribution in [0.2, 0.25) is 0 Å². The van der Waals surface area contributed by atoms with Gasteiger partial charge in [0.15, 0.2) is 0 Å². The lowest BCUT2D eigenvalue weighted by Crippen LogP contribution is -2.63. The zero-order valence-electron chi connectivity index (χ0n) is 23.8. The summed E-state index contributed by atoms with van der Waals surface area (Å²) in [6.07, 6.45) is 9.16. The van der Waals surface area contributed by atoms with Crippen LogP contribution < -0.4 is 25.8 Å². The maximum Gasteiger partial charge on any atom is 0.322 e.